The van der Waals surface area contributed by atoms with Gasteiger partial charge in [-0.1, -0.05) is 23.2 Å². The van der Waals surface area contributed by atoms with Gasteiger partial charge in [-0.05, 0) is 65.5 Å². The molecule has 3 N–H and O–H groups in total. The van der Waals surface area contributed by atoms with Crippen LogP contribution in [0.15, 0.2) is 35.1 Å². The number of fused-ring (bicyclic) bond motifs is 1. The number of benzene rings is 1. The van der Waals surface area contributed by atoms with Crippen molar-refractivity contribution >= 4 is 50.0 Å². The molecule has 0 radical (unpaired) electrons. The van der Waals surface area contributed by atoms with Crippen LogP contribution in [0.1, 0.15) is 18.4 Å². The Morgan fingerprint density at radius 3 is 2.70 bits per heavy atom. The van der Waals surface area contributed by atoms with Crippen molar-refractivity contribution in [3.8, 4) is 11.3 Å². The number of nitrogens with one attached hydrogen (secondary N) is 1. The maximum Gasteiger partial charge on any atom is 0.0517 e. The van der Waals surface area contributed by atoms with Crippen LogP contribution in [-0.4, -0.2) is 16.5 Å². The van der Waals surface area contributed by atoms with Crippen molar-refractivity contribution in [1.82, 2.24) is 9.97 Å². The van der Waals surface area contributed by atoms with E-state index < -0.39 is 0 Å². The number of unbranched alkanes of at least 4 members (excludes halogenated alkanes) is 1. The van der Waals surface area contributed by atoms with Gasteiger partial charge in [0.05, 0.1) is 10.7 Å². The highest BCUT2D eigenvalue weighted by Gasteiger charge is 2.16. The first kappa shape index (κ1) is 16.8. The van der Waals surface area contributed by atoms with Gasteiger partial charge in [0.15, 0.2) is 0 Å². The summed E-state index contributed by atoms with van der Waals surface area (Å²) in [6, 6.07) is 5.73. The summed E-state index contributed by atoms with van der Waals surface area (Å²) in [5, 5.41) is 2.32. The van der Waals surface area contributed by atoms with Gasteiger partial charge in [-0.3, -0.25) is 4.98 Å². The molecule has 0 amide bonds. The van der Waals surface area contributed by atoms with Crippen molar-refractivity contribution in [2.75, 3.05) is 6.54 Å². The third-order valence-electron chi connectivity index (χ3n) is 3.79. The van der Waals surface area contributed by atoms with Gasteiger partial charge in [0.1, 0.15) is 0 Å². The molecule has 120 valence electrons. The highest BCUT2D eigenvalue weighted by molar-refractivity contribution is 9.10. The molecule has 0 aliphatic rings. The average Bonchev–Trinajstić information content (AvgIpc) is 2.86. The third kappa shape index (κ3) is 3.56. The summed E-state index contributed by atoms with van der Waals surface area (Å²) >= 11 is 16.1. The van der Waals surface area contributed by atoms with Crippen LogP contribution < -0.4 is 5.73 Å². The van der Waals surface area contributed by atoms with Gasteiger partial charge in [-0.25, -0.2) is 0 Å². The van der Waals surface area contributed by atoms with Crippen molar-refractivity contribution in [3.63, 3.8) is 0 Å². The molecule has 3 aromatic rings. The highest BCUT2D eigenvalue weighted by Crippen LogP contribution is 2.37. The van der Waals surface area contributed by atoms with Crippen LogP contribution in [0.2, 0.25) is 10.0 Å². The summed E-state index contributed by atoms with van der Waals surface area (Å²) in [5.41, 5.74) is 9.82. The van der Waals surface area contributed by atoms with Crippen molar-refractivity contribution in [3.05, 3.63) is 50.7 Å². The zero-order chi connectivity index (χ0) is 16.4. The van der Waals surface area contributed by atoms with Crippen LogP contribution in [0.5, 0.6) is 0 Å². The lowest BCUT2D eigenvalue weighted by Gasteiger charge is -2.06. The number of nitrogens with zero attached hydrogens (tertiary/aromatic N) is 1. The second-order valence-corrected chi connectivity index (χ2v) is 7.19. The molecule has 0 unspecified atom stereocenters. The highest BCUT2D eigenvalue weighted by atomic mass is 79.9. The predicted octanol–water partition coefficient (Wildman–Crippen LogP) is 5.58. The summed E-state index contributed by atoms with van der Waals surface area (Å²) in [4.78, 5) is 7.72. The zero-order valence-electron chi connectivity index (χ0n) is 12.4. The summed E-state index contributed by atoms with van der Waals surface area (Å²) in [7, 11) is 0. The number of aromatic nitrogens is 2. The molecule has 0 saturated heterocycles. The molecule has 0 aliphatic heterocycles. The Labute approximate surface area is 153 Å². The Kier molecular flexibility index (Phi) is 5.27. The van der Waals surface area contributed by atoms with E-state index in [1.165, 1.54) is 5.56 Å². The first-order chi connectivity index (χ1) is 11.1. The summed E-state index contributed by atoms with van der Waals surface area (Å²) in [6.07, 6.45) is 6.51. The van der Waals surface area contributed by atoms with Crippen molar-refractivity contribution in [1.29, 1.82) is 0 Å². The maximum atomic E-state index is 6.46. The van der Waals surface area contributed by atoms with E-state index in [0.717, 1.165) is 45.9 Å². The number of hydrogen-bond acceptors (Lipinski definition) is 2. The second-order valence-electron chi connectivity index (χ2n) is 5.43. The third-order valence-corrected chi connectivity index (χ3v) is 4.74. The average molecular weight is 413 g/mol. The minimum Gasteiger partial charge on any atom is -0.354 e. The van der Waals surface area contributed by atoms with E-state index in [1.807, 2.05) is 18.3 Å². The van der Waals surface area contributed by atoms with Gasteiger partial charge in [0.25, 0.3) is 0 Å². The van der Waals surface area contributed by atoms with E-state index in [-0.39, 0.29) is 0 Å². The molecular weight excluding hydrogens is 397 g/mol. The standard InChI is InChI=1S/C17H16BrCl2N3/c18-11-5-10(8-22-9-11)17-13(3-1-2-4-21)16-14(20)6-12(19)7-15(16)23-17/h5-9,23H,1-4,21H2. The first-order valence-corrected chi connectivity index (χ1v) is 8.95. The second kappa shape index (κ2) is 7.22. The largest absolute Gasteiger partial charge is 0.354 e. The van der Waals surface area contributed by atoms with Gasteiger partial charge in [0, 0.05) is 38.4 Å². The van der Waals surface area contributed by atoms with Crippen LogP contribution in [0.3, 0.4) is 0 Å². The van der Waals surface area contributed by atoms with E-state index in [4.69, 9.17) is 28.9 Å². The molecular formula is C17H16BrCl2N3. The molecule has 2 aromatic heterocycles. The summed E-state index contributed by atoms with van der Waals surface area (Å²) in [5.74, 6) is 0. The fraction of sp³-hybridized carbons (Fsp3) is 0.235. The molecule has 23 heavy (non-hydrogen) atoms. The van der Waals surface area contributed by atoms with Crippen molar-refractivity contribution < 1.29 is 0 Å². The maximum absolute atomic E-state index is 6.46. The number of pyridine rings is 1. The SMILES string of the molecule is NCCCCc1c(-c2cncc(Br)c2)[nH]c2cc(Cl)cc(Cl)c12. The van der Waals surface area contributed by atoms with Crippen molar-refractivity contribution in [2.45, 2.75) is 19.3 Å². The summed E-state index contributed by atoms with van der Waals surface area (Å²) < 4.78 is 0.936. The molecule has 0 saturated carbocycles. The molecule has 0 fully saturated rings. The molecule has 0 atom stereocenters. The fourth-order valence-electron chi connectivity index (χ4n) is 2.81. The number of nitrogens with two attached hydrogens (primary N) is 1. The van der Waals surface area contributed by atoms with E-state index in [9.17, 15) is 0 Å². The van der Waals surface area contributed by atoms with Gasteiger partial charge < -0.3 is 10.7 Å². The number of hydrogen-bond donors (Lipinski definition) is 2. The van der Waals surface area contributed by atoms with E-state index in [2.05, 4.69) is 25.9 Å². The van der Waals surface area contributed by atoms with Gasteiger partial charge >= 0.3 is 0 Å². The molecule has 3 nitrogen and oxygen atoms in total. The number of aryl methyl sites for hydroxylation is 1. The molecule has 0 spiro atoms. The fourth-order valence-corrected chi connectivity index (χ4v) is 3.78. The number of halogens is 3. The minimum atomic E-state index is 0.621. The topological polar surface area (TPSA) is 54.7 Å². The van der Waals surface area contributed by atoms with E-state index in [0.29, 0.717) is 16.6 Å². The Bertz CT molecular complexity index is 845. The van der Waals surface area contributed by atoms with Crippen LogP contribution in [0, 0.1) is 0 Å². The Morgan fingerprint density at radius 1 is 1.13 bits per heavy atom. The zero-order valence-corrected chi connectivity index (χ0v) is 15.5. The lowest BCUT2D eigenvalue weighted by Crippen LogP contribution is -1.99. The van der Waals surface area contributed by atoms with Crippen molar-refractivity contribution in [2.24, 2.45) is 5.73 Å². The quantitative estimate of drug-likeness (QED) is 0.537. The Balaban J connectivity index is 2.19. The molecule has 0 aliphatic carbocycles. The lowest BCUT2D eigenvalue weighted by atomic mass is 10.0. The lowest BCUT2D eigenvalue weighted by molar-refractivity contribution is 0.748. The van der Waals surface area contributed by atoms with E-state index >= 15 is 0 Å². The van der Waals surface area contributed by atoms with Gasteiger partial charge in [0.2, 0.25) is 0 Å². The monoisotopic (exact) mass is 411 g/mol. The predicted molar refractivity (Wildman–Crippen MR) is 101 cm³/mol. The number of H-pyrrole nitrogens is 1. The van der Waals surface area contributed by atoms with Gasteiger partial charge in [-0.2, -0.15) is 0 Å². The van der Waals surface area contributed by atoms with Crippen LogP contribution in [0.25, 0.3) is 22.2 Å². The van der Waals surface area contributed by atoms with E-state index in [1.54, 1.807) is 12.3 Å². The molecule has 1 aromatic carbocycles. The number of rotatable bonds is 5. The molecule has 6 heteroatoms. The van der Waals surface area contributed by atoms with Crippen LogP contribution in [0.4, 0.5) is 0 Å². The molecule has 3 rings (SSSR count). The smallest absolute Gasteiger partial charge is 0.0517 e. The molecule has 0 bridgehead atoms. The van der Waals surface area contributed by atoms with Crippen LogP contribution in [-0.2, 0) is 6.42 Å². The number of aromatic amines is 1. The van der Waals surface area contributed by atoms with Crippen LogP contribution >= 0.6 is 39.1 Å². The summed E-state index contributed by atoms with van der Waals surface area (Å²) in [6.45, 7) is 0.690. The Morgan fingerprint density at radius 2 is 1.96 bits per heavy atom. The minimum absolute atomic E-state index is 0.621. The Hall–Kier alpha value is -1.07. The van der Waals surface area contributed by atoms with Gasteiger partial charge in [-0.15, -0.1) is 0 Å². The first-order valence-electron chi connectivity index (χ1n) is 7.40. The molecule has 2 heterocycles. The normalized spacial score (nSPS) is 11.3.